The van der Waals surface area contributed by atoms with Crippen LogP contribution in [0.3, 0.4) is 0 Å². The van der Waals surface area contributed by atoms with Gasteiger partial charge in [-0.25, -0.2) is 8.42 Å². The van der Waals surface area contributed by atoms with E-state index in [0.717, 1.165) is 5.56 Å². The minimum atomic E-state index is -3.38. The zero-order valence-electron chi connectivity index (χ0n) is 12.6. The third kappa shape index (κ3) is 3.64. The summed E-state index contributed by atoms with van der Waals surface area (Å²) in [5, 5.41) is 0. The van der Waals surface area contributed by atoms with Gasteiger partial charge in [-0.3, -0.25) is 0 Å². The topological polar surface area (TPSA) is 60.2 Å². The second kappa shape index (κ2) is 5.53. The van der Waals surface area contributed by atoms with Crippen LogP contribution in [-0.2, 0) is 21.0 Å². The van der Waals surface area contributed by atoms with Gasteiger partial charge in [0.2, 0.25) is 0 Å². The maximum atomic E-state index is 12.5. The SMILES string of the molecule is CC(C)(C)c1ccc(S(=O)(=O)Cc2ccccc2N)cc1. The lowest BCUT2D eigenvalue weighted by Gasteiger charge is -2.19. The first-order chi connectivity index (χ1) is 9.70. The van der Waals surface area contributed by atoms with Crippen LogP contribution in [0.25, 0.3) is 0 Å². The molecule has 0 saturated heterocycles. The van der Waals surface area contributed by atoms with Crippen molar-refractivity contribution in [2.45, 2.75) is 36.8 Å². The maximum Gasteiger partial charge on any atom is 0.182 e. The Morgan fingerprint density at radius 1 is 0.952 bits per heavy atom. The van der Waals surface area contributed by atoms with Crippen LogP contribution in [0, 0.1) is 0 Å². The molecular formula is C17H21NO2S. The average molecular weight is 303 g/mol. The van der Waals surface area contributed by atoms with Gasteiger partial charge in [0, 0.05) is 5.69 Å². The normalized spacial score (nSPS) is 12.3. The number of para-hydroxylation sites is 1. The minimum Gasteiger partial charge on any atom is -0.398 e. The highest BCUT2D eigenvalue weighted by atomic mass is 32.2. The van der Waals surface area contributed by atoms with Crippen LogP contribution in [0.5, 0.6) is 0 Å². The Morgan fingerprint density at radius 3 is 2.05 bits per heavy atom. The molecule has 0 unspecified atom stereocenters. The molecule has 0 heterocycles. The van der Waals surface area contributed by atoms with E-state index in [1.807, 2.05) is 12.1 Å². The molecule has 0 radical (unpaired) electrons. The lowest BCUT2D eigenvalue weighted by molar-refractivity contribution is 0.586. The van der Waals surface area contributed by atoms with Gasteiger partial charge in [-0.05, 0) is 34.7 Å². The highest BCUT2D eigenvalue weighted by Crippen LogP contribution is 2.25. The quantitative estimate of drug-likeness (QED) is 0.882. The van der Waals surface area contributed by atoms with Gasteiger partial charge in [-0.15, -0.1) is 0 Å². The van der Waals surface area contributed by atoms with Crippen molar-refractivity contribution in [3.8, 4) is 0 Å². The lowest BCUT2D eigenvalue weighted by Crippen LogP contribution is -2.12. The summed E-state index contributed by atoms with van der Waals surface area (Å²) >= 11 is 0. The van der Waals surface area contributed by atoms with Crippen molar-refractivity contribution < 1.29 is 8.42 Å². The van der Waals surface area contributed by atoms with E-state index in [0.29, 0.717) is 16.1 Å². The maximum absolute atomic E-state index is 12.5. The van der Waals surface area contributed by atoms with Crippen LogP contribution in [0.2, 0.25) is 0 Å². The van der Waals surface area contributed by atoms with E-state index in [-0.39, 0.29) is 11.2 Å². The molecule has 112 valence electrons. The molecule has 0 saturated carbocycles. The molecule has 3 nitrogen and oxygen atoms in total. The Balaban J connectivity index is 2.30. The number of anilines is 1. The number of nitrogen functional groups attached to an aromatic ring is 1. The van der Waals surface area contributed by atoms with E-state index in [1.165, 1.54) is 0 Å². The summed E-state index contributed by atoms with van der Waals surface area (Å²) in [5.74, 6) is -0.0749. The molecule has 0 amide bonds. The van der Waals surface area contributed by atoms with Crippen LogP contribution in [0.1, 0.15) is 31.9 Å². The number of benzene rings is 2. The van der Waals surface area contributed by atoms with Crippen molar-refractivity contribution in [1.82, 2.24) is 0 Å². The summed E-state index contributed by atoms with van der Waals surface area (Å²) in [6.07, 6.45) is 0. The molecule has 2 N–H and O–H groups in total. The minimum absolute atomic E-state index is 0.00610. The smallest absolute Gasteiger partial charge is 0.182 e. The predicted molar refractivity (Wildman–Crippen MR) is 86.9 cm³/mol. The third-order valence-corrected chi connectivity index (χ3v) is 5.16. The number of rotatable bonds is 3. The second-order valence-electron chi connectivity index (χ2n) is 6.23. The fourth-order valence-corrected chi connectivity index (χ4v) is 3.51. The molecule has 2 aromatic carbocycles. The Morgan fingerprint density at radius 2 is 1.52 bits per heavy atom. The Kier molecular flexibility index (Phi) is 4.10. The molecule has 0 bridgehead atoms. The molecule has 0 aliphatic carbocycles. The van der Waals surface area contributed by atoms with E-state index in [2.05, 4.69) is 20.8 Å². The van der Waals surface area contributed by atoms with Crippen molar-refractivity contribution in [2.75, 3.05) is 5.73 Å². The van der Waals surface area contributed by atoms with Gasteiger partial charge in [0.25, 0.3) is 0 Å². The average Bonchev–Trinajstić information content (AvgIpc) is 2.40. The zero-order chi connectivity index (χ0) is 15.7. The molecule has 0 atom stereocenters. The Bertz CT molecular complexity index is 726. The summed E-state index contributed by atoms with van der Waals surface area (Å²) in [4.78, 5) is 0.332. The van der Waals surface area contributed by atoms with Crippen molar-refractivity contribution in [1.29, 1.82) is 0 Å². The highest BCUT2D eigenvalue weighted by molar-refractivity contribution is 7.90. The predicted octanol–water partition coefficient (Wildman–Crippen LogP) is 3.54. The summed E-state index contributed by atoms with van der Waals surface area (Å²) in [6, 6.07) is 14.2. The van der Waals surface area contributed by atoms with Gasteiger partial charge in [0.1, 0.15) is 0 Å². The van der Waals surface area contributed by atoms with Crippen molar-refractivity contribution >= 4 is 15.5 Å². The van der Waals surface area contributed by atoms with E-state index < -0.39 is 9.84 Å². The number of hydrogen-bond acceptors (Lipinski definition) is 3. The summed E-state index contributed by atoms with van der Waals surface area (Å²) < 4.78 is 24.9. The van der Waals surface area contributed by atoms with E-state index in [9.17, 15) is 8.42 Å². The third-order valence-electron chi connectivity index (χ3n) is 3.48. The van der Waals surface area contributed by atoms with Gasteiger partial charge in [-0.2, -0.15) is 0 Å². The summed E-state index contributed by atoms with van der Waals surface area (Å²) in [5.41, 5.74) is 8.08. The number of nitrogens with two attached hydrogens (primary N) is 1. The van der Waals surface area contributed by atoms with Crippen molar-refractivity contribution in [2.24, 2.45) is 0 Å². The molecule has 2 aromatic rings. The molecule has 0 fully saturated rings. The molecular weight excluding hydrogens is 282 g/mol. The standard InChI is InChI=1S/C17H21NO2S/c1-17(2,3)14-8-10-15(11-9-14)21(19,20)12-13-6-4-5-7-16(13)18/h4-11H,12,18H2,1-3H3. The first-order valence-electron chi connectivity index (χ1n) is 6.87. The van der Waals surface area contributed by atoms with Crippen LogP contribution in [0.4, 0.5) is 5.69 Å². The first-order valence-corrected chi connectivity index (χ1v) is 8.52. The van der Waals surface area contributed by atoms with Gasteiger partial charge in [-0.1, -0.05) is 51.1 Å². The monoisotopic (exact) mass is 303 g/mol. The molecule has 0 spiro atoms. The highest BCUT2D eigenvalue weighted by Gasteiger charge is 2.19. The van der Waals surface area contributed by atoms with Crippen LogP contribution in [0.15, 0.2) is 53.4 Å². The van der Waals surface area contributed by atoms with Crippen molar-refractivity contribution in [3.05, 3.63) is 59.7 Å². The van der Waals surface area contributed by atoms with Crippen LogP contribution >= 0.6 is 0 Å². The lowest BCUT2D eigenvalue weighted by atomic mass is 9.87. The fourth-order valence-electron chi connectivity index (χ4n) is 2.12. The van der Waals surface area contributed by atoms with Gasteiger partial charge in [0.15, 0.2) is 9.84 Å². The Labute approximate surface area is 126 Å². The van der Waals surface area contributed by atoms with E-state index in [4.69, 9.17) is 5.73 Å². The van der Waals surface area contributed by atoms with Crippen LogP contribution < -0.4 is 5.73 Å². The molecule has 0 aliphatic rings. The van der Waals surface area contributed by atoms with E-state index in [1.54, 1.807) is 36.4 Å². The largest absolute Gasteiger partial charge is 0.398 e. The molecule has 21 heavy (non-hydrogen) atoms. The number of hydrogen-bond donors (Lipinski definition) is 1. The summed E-state index contributed by atoms with van der Waals surface area (Å²) in [7, 11) is -3.38. The second-order valence-corrected chi connectivity index (χ2v) is 8.22. The molecule has 0 aliphatic heterocycles. The number of sulfone groups is 1. The first kappa shape index (κ1) is 15.6. The van der Waals surface area contributed by atoms with Gasteiger partial charge in [0.05, 0.1) is 10.6 Å². The summed E-state index contributed by atoms with van der Waals surface area (Å²) in [6.45, 7) is 6.30. The van der Waals surface area contributed by atoms with Gasteiger partial charge >= 0.3 is 0 Å². The molecule has 0 aromatic heterocycles. The molecule has 4 heteroatoms. The fraction of sp³-hybridized carbons (Fsp3) is 0.294. The van der Waals surface area contributed by atoms with Crippen molar-refractivity contribution in [3.63, 3.8) is 0 Å². The zero-order valence-corrected chi connectivity index (χ0v) is 13.4. The Hall–Kier alpha value is -1.81. The van der Waals surface area contributed by atoms with Gasteiger partial charge < -0.3 is 5.73 Å². The molecule has 2 rings (SSSR count). The van der Waals surface area contributed by atoms with Crippen LogP contribution in [-0.4, -0.2) is 8.42 Å². The van der Waals surface area contributed by atoms with E-state index >= 15 is 0 Å².